The van der Waals surface area contributed by atoms with Gasteiger partial charge in [-0.25, -0.2) is 4.98 Å². The number of benzene rings is 2. The molecule has 0 aliphatic heterocycles. The zero-order valence-corrected chi connectivity index (χ0v) is 18.6. The van der Waals surface area contributed by atoms with Crippen molar-refractivity contribution < 1.29 is 0 Å². The van der Waals surface area contributed by atoms with E-state index in [0.717, 1.165) is 71.4 Å². The Balaban J connectivity index is 1.62. The van der Waals surface area contributed by atoms with Crippen LogP contribution in [0.1, 0.15) is 55.8 Å². The van der Waals surface area contributed by atoms with Gasteiger partial charge in [0, 0.05) is 24.0 Å². The smallest absolute Gasteiger partial charge is 0.254 e. The Labute approximate surface area is 187 Å². The molecule has 2 heterocycles. The summed E-state index contributed by atoms with van der Waals surface area (Å²) in [4.78, 5) is 20.6. The molecular weight excluding hydrogens is 400 g/mol. The van der Waals surface area contributed by atoms with Gasteiger partial charge in [0.05, 0.1) is 5.69 Å². The van der Waals surface area contributed by atoms with Crippen molar-refractivity contribution in [1.82, 2.24) is 30.6 Å². The first-order chi connectivity index (χ1) is 15.7. The lowest BCUT2D eigenvalue weighted by atomic mass is 9.96. The topological polar surface area (TPSA) is 100 Å². The molecule has 164 valence electrons. The van der Waals surface area contributed by atoms with E-state index in [1.54, 1.807) is 0 Å². The molecule has 2 aromatic carbocycles. The first-order valence-corrected chi connectivity index (χ1v) is 11.2. The quantitative estimate of drug-likeness (QED) is 0.409. The number of H-pyrrole nitrogens is 2. The Morgan fingerprint density at radius 3 is 2.38 bits per heavy atom. The Bertz CT molecular complexity index is 1210. The summed E-state index contributed by atoms with van der Waals surface area (Å²) in [6.45, 7) is 4.25. The molecule has 2 aromatic heterocycles. The molecule has 0 aliphatic rings. The number of tetrazole rings is 1. The second-order valence-electron chi connectivity index (χ2n) is 7.95. The van der Waals surface area contributed by atoms with Crippen LogP contribution < -0.4 is 5.56 Å². The van der Waals surface area contributed by atoms with Crippen LogP contribution in [-0.2, 0) is 19.3 Å². The molecule has 32 heavy (non-hydrogen) atoms. The van der Waals surface area contributed by atoms with Gasteiger partial charge < -0.3 is 4.98 Å². The van der Waals surface area contributed by atoms with Crippen molar-refractivity contribution in [3.8, 4) is 22.5 Å². The Kier molecular flexibility index (Phi) is 6.84. The van der Waals surface area contributed by atoms with Crippen LogP contribution in [0.5, 0.6) is 0 Å². The lowest BCUT2D eigenvalue weighted by Gasteiger charge is -2.11. The number of nitrogens with zero attached hydrogens (tertiary/aromatic N) is 4. The second kappa shape index (κ2) is 10.1. The van der Waals surface area contributed by atoms with E-state index in [4.69, 9.17) is 4.98 Å². The number of rotatable bonds is 9. The van der Waals surface area contributed by atoms with E-state index in [0.29, 0.717) is 12.2 Å². The lowest BCUT2D eigenvalue weighted by Crippen LogP contribution is -2.21. The van der Waals surface area contributed by atoms with Gasteiger partial charge in [-0.1, -0.05) is 68.8 Å². The number of unbranched alkanes of at least 4 members (excludes halogenated alkanes) is 1. The van der Waals surface area contributed by atoms with Gasteiger partial charge in [-0.2, -0.15) is 5.21 Å². The average Bonchev–Trinajstić information content (AvgIpc) is 3.35. The fourth-order valence-corrected chi connectivity index (χ4v) is 3.90. The highest BCUT2D eigenvalue weighted by molar-refractivity contribution is 5.80. The Morgan fingerprint density at radius 1 is 0.906 bits per heavy atom. The molecule has 7 nitrogen and oxygen atoms in total. The molecule has 0 saturated heterocycles. The fraction of sp³-hybridized carbons (Fsp3) is 0.320. The molecule has 2 N–H and O–H groups in total. The molecule has 0 radical (unpaired) electrons. The van der Waals surface area contributed by atoms with Crippen LogP contribution in [0.4, 0.5) is 0 Å². The zero-order chi connectivity index (χ0) is 22.3. The van der Waals surface area contributed by atoms with Crippen molar-refractivity contribution in [2.45, 2.75) is 52.4 Å². The standard InChI is InChI=1S/C25H28N6O/c1-3-5-11-22-21(25(32)27-23(26-22)8-4-2)16-17-12-14-18(15-13-17)19-9-6-7-10-20(19)24-28-30-31-29-24/h6-7,9-10,12-15H,3-5,8,11,16H2,1-2H3,(H,26,27,32)(H,28,29,30,31). The number of nitrogens with one attached hydrogen (secondary N) is 2. The molecule has 4 aromatic rings. The molecular formula is C25H28N6O. The van der Waals surface area contributed by atoms with Gasteiger partial charge in [0.1, 0.15) is 5.82 Å². The second-order valence-corrected chi connectivity index (χ2v) is 7.95. The van der Waals surface area contributed by atoms with Gasteiger partial charge in [0.2, 0.25) is 5.82 Å². The molecule has 0 aliphatic carbocycles. The summed E-state index contributed by atoms with van der Waals surface area (Å²) in [6, 6.07) is 16.3. The van der Waals surface area contributed by atoms with Gasteiger partial charge in [-0.15, -0.1) is 10.2 Å². The fourth-order valence-electron chi connectivity index (χ4n) is 3.90. The molecule has 0 unspecified atom stereocenters. The lowest BCUT2D eigenvalue weighted by molar-refractivity contribution is 0.732. The molecule has 0 amide bonds. The van der Waals surface area contributed by atoms with E-state index in [1.807, 2.05) is 24.3 Å². The molecule has 4 rings (SSSR count). The average molecular weight is 429 g/mol. The van der Waals surface area contributed by atoms with Crippen molar-refractivity contribution in [1.29, 1.82) is 0 Å². The predicted octanol–water partition coefficient (Wildman–Crippen LogP) is 4.50. The summed E-state index contributed by atoms with van der Waals surface area (Å²) in [5.74, 6) is 1.36. The first kappa shape index (κ1) is 21.6. The van der Waals surface area contributed by atoms with E-state index < -0.39 is 0 Å². The summed E-state index contributed by atoms with van der Waals surface area (Å²) >= 11 is 0. The van der Waals surface area contributed by atoms with Gasteiger partial charge in [-0.3, -0.25) is 4.79 Å². The monoisotopic (exact) mass is 428 g/mol. The minimum Gasteiger partial charge on any atom is -0.310 e. The van der Waals surface area contributed by atoms with Gasteiger partial charge in [-0.05, 0) is 41.2 Å². The van der Waals surface area contributed by atoms with Crippen molar-refractivity contribution in [3.05, 3.63) is 81.5 Å². The normalized spacial score (nSPS) is 11.1. The predicted molar refractivity (Wildman–Crippen MR) is 125 cm³/mol. The number of aryl methyl sites for hydroxylation is 2. The molecule has 0 atom stereocenters. The number of aromatic amines is 2. The van der Waals surface area contributed by atoms with Crippen LogP contribution >= 0.6 is 0 Å². The van der Waals surface area contributed by atoms with E-state index >= 15 is 0 Å². The number of hydrogen-bond acceptors (Lipinski definition) is 5. The van der Waals surface area contributed by atoms with Gasteiger partial charge >= 0.3 is 0 Å². The van der Waals surface area contributed by atoms with E-state index in [1.165, 1.54) is 0 Å². The van der Waals surface area contributed by atoms with Crippen LogP contribution in [-0.4, -0.2) is 30.6 Å². The Morgan fingerprint density at radius 2 is 1.69 bits per heavy atom. The molecule has 0 saturated carbocycles. The van der Waals surface area contributed by atoms with Crippen LogP contribution in [0.2, 0.25) is 0 Å². The maximum atomic E-state index is 12.8. The van der Waals surface area contributed by atoms with E-state index in [-0.39, 0.29) is 5.56 Å². The van der Waals surface area contributed by atoms with Crippen molar-refractivity contribution in [2.75, 3.05) is 0 Å². The molecule has 0 bridgehead atoms. The minimum atomic E-state index is -0.0129. The highest BCUT2D eigenvalue weighted by atomic mass is 16.1. The SMILES string of the molecule is CCCCc1nc(CCC)[nH]c(=O)c1Cc1ccc(-c2ccccc2-c2nn[nH]n2)cc1. The highest BCUT2D eigenvalue weighted by Crippen LogP contribution is 2.30. The summed E-state index contributed by atoms with van der Waals surface area (Å²) in [5.41, 5.74) is 5.80. The van der Waals surface area contributed by atoms with Crippen LogP contribution in [0, 0.1) is 0 Å². The van der Waals surface area contributed by atoms with Crippen molar-refractivity contribution in [3.63, 3.8) is 0 Å². The van der Waals surface area contributed by atoms with Gasteiger partial charge in [0.15, 0.2) is 0 Å². The maximum absolute atomic E-state index is 12.8. The number of aromatic nitrogens is 6. The van der Waals surface area contributed by atoms with Crippen LogP contribution in [0.3, 0.4) is 0 Å². The van der Waals surface area contributed by atoms with Crippen LogP contribution in [0.25, 0.3) is 22.5 Å². The largest absolute Gasteiger partial charge is 0.310 e. The maximum Gasteiger partial charge on any atom is 0.254 e. The van der Waals surface area contributed by atoms with Crippen molar-refractivity contribution >= 4 is 0 Å². The van der Waals surface area contributed by atoms with Crippen LogP contribution in [0.15, 0.2) is 53.3 Å². The molecule has 0 fully saturated rings. The molecule has 7 heteroatoms. The zero-order valence-electron chi connectivity index (χ0n) is 18.6. The Hall–Kier alpha value is -3.61. The number of hydrogen-bond donors (Lipinski definition) is 2. The summed E-state index contributed by atoms with van der Waals surface area (Å²) in [6.07, 6.45) is 5.26. The van der Waals surface area contributed by atoms with E-state index in [9.17, 15) is 4.79 Å². The summed E-state index contributed by atoms with van der Waals surface area (Å²) in [5, 5.41) is 14.4. The summed E-state index contributed by atoms with van der Waals surface area (Å²) < 4.78 is 0. The van der Waals surface area contributed by atoms with Gasteiger partial charge in [0.25, 0.3) is 5.56 Å². The third-order valence-corrected chi connectivity index (χ3v) is 5.56. The third kappa shape index (κ3) is 4.82. The first-order valence-electron chi connectivity index (χ1n) is 11.2. The molecule has 0 spiro atoms. The minimum absolute atomic E-state index is 0.0129. The van der Waals surface area contributed by atoms with Crippen molar-refractivity contribution in [2.24, 2.45) is 0 Å². The summed E-state index contributed by atoms with van der Waals surface area (Å²) in [7, 11) is 0. The third-order valence-electron chi connectivity index (χ3n) is 5.56. The van der Waals surface area contributed by atoms with E-state index in [2.05, 4.69) is 63.7 Å². The highest BCUT2D eigenvalue weighted by Gasteiger charge is 2.14.